The van der Waals surface area contributed by atoms with E-state index in [2.05, 4.69) is 10.3 Å². The van der Waals surface area contributed by atoms with Gasteiger partial charge in [-0.25, -0.2) is 13.2 Å². The fourth-order valence-corrected chi connectivity index (χ4v) is 6.69. The van der Waals surface area contributed by atoms with E-state index in [9.17, 15) is 36.0 Å². The van der Waals surface area contributed by atoms with E-state index in [4.69, 9.17) is 28.9 Å². The number of aromatic nitrogens is 2. The zero-order valence-electron chi connectivity index (χ0n) is 22.4. The Kier molecular flexibility index (Phi) is 9.43. The third kappa shape index (κ3) is 6.67. The minimum Gasteiger partial charge on any atom is -0.351 e. The van der Waals surface area contributed by atoms with Crippen molar-refractivity contribution in [3.63, 3.8) is 0 Å². The summed E-state index contributed by atoms with van der Waals surface area (Å²) in [5, 5.41) is 1.94. The number of aromatic amines is 1. The first-order chi connectivity index (χ1) is 19.7. The summed E-state index contributed by atoms with van der Waals surface area (Å²) < 4.78 is 68.8. The van der Waals surface area contributed by atoms with Crippen LogP contribution in [0.25, 0.3) is 10.9 Å². The van der Waals surface area contributed by atoms with Crippen molar-refractivity contribution in [3.8, 4) is 0 Å². The summed E-state index contributed by atoms with van der Waals surface area (Å²) in [6.07, 6.45) is -3.68. The van der Waals surface area contributed by atoms with Crippen molar-refractivity contribution < 1.29 is 26.4 Å². The van der Waals surface area contributed by atoms with Crippen molar-refractivity contribution in [1.29, 1.82) is 0 Å². The molecule has 1 aliphatic rings. The molecule has 4 N–H and O–H groups in total. The summed E-state index contributed by atoms with van der Waals surface area (Å²) in [6.45, 7) is 1.05. The quantitative estimate of drug-likeness (QED) is 0.340. The van der Waals surface area contributed by atoms with Gasteiger partial charge in [0.05, 0.1) is 45.2 Å². The monoisotopic (exact) mass is 649 g/mol. The number of amides is 1. The van der Waals surface area contributed by atoms with Crippen molar-refractivity contribution in [2.24, 2.45) is 5.73 Å². The van der Waals surface area contributed by atoms with E-state index in [0.29, 0.717) is 30.0 Å². The van der Waals surface area contributed by atoms with Crippen LogP contribution in [0.2, 0.25) is 10.0 Å². The lowest BCUT2D eigenvalue weighted by Gasteiger charge is -2.34. The van der Waals surface area contributed by atoms with Gasteiger partial charge in [-0.2, -0.15) is 13.2 Å². The van der Waals surface area contributed by atoms with Gasteiger partial charge in [-0.15, -0.1) is 0 Å². The van der Waals surface area contributed by atoms with Crippen molar-refractivity contribution in [2.75, 3.05) is 25.4 Å². The van der Waals surface area contributed by atoms with Crippen molar-refractivity contribution in [2.45, 2.75) is 50.0 Å². The third-order valence-electron chi connectivity index (χ3n) is 7.13. The van der Waals surface area contributed by atoms with Gasteiger partial charge >= 0.3 is 11.9 Å². The molecule has 2 heterocycles. The molecule has 10 nitrogen and oxygen atoms in total. The molecular formula is C26H28Cl2F3N5O5S. The SMILES string of the molecule is CCS(=O)(=O)c1ccc(Cl)cc1Cn1c(=O)[nH]c2c(Cl)c(CN3CCCC(NC(=O)CN)C3)c(C(F)(F)F)cc2c1=O. The Morgan fingerprint density at radius 3 is 2.55 bits per heavy atom. The number of H-pyrrole nitrogens is 1. The average molecular weight is 651 g/mol. The van der Waals surface area contributed by atoms with E-state index in [0.717, 1.165) is 0 Å². The lowest BCUT2D eigenvalue weighted by Crippen LogP contribution is -2.48. The first-order valence-electron chi connectivity index (χ1n) is 12.9. The predicted molar refractivity (Wildman–Crippen MR) is 153 cm³/mol. The molecule has 0 saturated carbocycles. The molecule has 16 heteroatoms. The third-order valence-corrected chi connectivity index (χ3v) is 9.61. The number of nitrogens with one attached hydrogen (secondary N) is 2. The fourth-order valence-electron chi connectivity index (χ4n) is 5.07. The summed E-state index contributed by atoms with van der Waals surface area (Å²) in [6, 6.07) is 4.19. The van der Waals surface area contributed by atoms with Gasteiger partial charge < -0.3 is 16.0 Å². The van der Waals surface area contributed by atoms with Gasteiger partial charge in [-0.05, 0) is 54.8 Å². The molecule has 1 aliphatic heterocycles. The molecule has 1 saturated heterocycles. The molecule has 0 radical (unpaired) electrons. The maximum Gasteiger partial charge on any atom is 0.416 e. The maximum absolute atomic E-state index is 14.3. The van der Waals surface area contributed by atoms with Crippen molar-refractivity contribution >= 4 is 49.8 Å². The van der Waals surface area contributed by atoms with E-state index in [1.165, 1.54) is 25.1 Å². The summed E-state index contributed by atoms with van der Waals surface area (Å²) >= 11 is 12.5. The van der Waals surface area contributed by atoms with Crippen LogP contribution in [0.3, 0.4) is 0 Å². The van der Waals surface area contributed by atoms with Gasteiger partial charge in [0.15, 0.2) is 9.84 Å². The molecule has 42 heavy (non-hydrogen) atoms. The molecule has 1 fully saturated rings. The predicted octanol–water partition coefficient (Wildman–Crippen LogP) is 2.90. The van der Waals surface area contributed by atoms with Crippen LogP contribution in [0.1, 0.15) is 36.5 Å². The van der Waals surface area contributed by atoms with E-state index in [1.54, 1.807) is 4.90 Å². The number of benzene rings is 2. The second kappa shape index (κ2) is 12.4. The molecule has 3 aromatic rings. The van der Waals surface area contributed by atoms with Gasteiger partial charge in [-0.1, -0.05) is 30.1 Å². The zero-order valence-corrected chi connectivity index (χ0v) is 24.7. The van der Waals surface area contributed by atoms with Crippen LogP contribution in [0.4, 0.5) is 13.2 Å². The molecule has 2 aromatic carbocycles. The average Bonchev–Trinajstić information content (AvgIpc) is 2.92. The molecule has 0 bridgehead atoms. The zero-order chi connectivity index (χ0) is 31.0. The van der Waals surface area contributed by atoms with Crippen molar-refractivity contribution in [3.05, 3.63) is 71.8 Å². The van der Waals surface area contributed by atoms with E-state index >= 15 is 0 Å². The first kappa shape index (κ1) is 32.0. The Labute approximate surface area is 248 Å². The highest BCUT2D eigenvalue weighted by molar-refractivity contribution is 7.91. The summed E-state index contributed by atoms with van der Waals surface area (Å²) in [5.74, 6) is -0.651. The number of hydrogen-bond acceptors (Lipinski definition) is 7. The Morgan fingerprint density at radius 1 is 1.19 bits per heavy atom. The lowest BCUT2D eigenvalue weighted by molar-refractivity contribution is -0.138. The Morgan fingerprint density at radius 2 is 1.90 bits per heavy atom. The number of rotatable bonds is 8. The molecule has 1 atom stereocenters. The number of alkyl halides is 3. The topological polar surface area (TPSA) is 147 Å². The van der Waals surface area contributed by atoms with E-state index < -0.39 is 49.8 Å². The Hall–Kier alpha value is -2.91. The van der Waals surface area contributed by atoms with E-state index in [1.807, 2.05) is 0 Å². The molecule has 1 unspecified atom stereocenters. The van der Waals surface area contributed by atoms with Gasteiger partial charge in [0.2, 0.25) is 5.91 Å². The number of nitrogens with zero attached hydrogens (tertiary/aromatic N) is 2. The van der Waals surface area contributed by atoms with Crippen LogP contribution in [0, 0.1) is 0 Å². The normalized spacial score (nSPS) is 16.6. The van der Waals surface area contributed by atoms with Gasteiger partial charge in [-0.3, -0.25) is 19.1 Å². The summed E-state index contributed by atoms with van der Waals surface area (Å²) in [5.41, 5.74) is 1.53. The molecule has 0 aliphatic carbocycles. The van der Waals surface area contributed by atoms with Crippen LogP contribution in [-0.2, 0) is 33.9 Å². The Balaban J connectivity index is 1.81. The van der Waals surface area contributed by atoms with Crippen LogP contribution >= 0.6 is 23.2 Å². The second-order valence-electron chi connectivity index (χ2n) is 9.96. The number of carbonyl (C=O) groups is 1. The largest absolute Gasteiger partial charge is 0.416 e. The van der Waals surface area contributed by atoms with Gasteiger partial charge in [0.25, 0.3) is 5.56 Å². The minimum absolute atomic E-state index is 0.0245. The summed E-state index contributed by atoms with van der Waals surface area (Å²) in [7, 11) is -3.79. The number of hydrogen-bond donors (Lipinski definition) is 3. The molecular weight excluding hydrogens is 622 g/mol. The molecule has 0 spiro atoms. The highest BCUT2D eigenvalue weighted by Gasteiger charge is 2.37. The number of piperidine rings is 1. The maximum atomic E-state index is 14.3. The van der Waals surface area contributed by atoms with E-state index in [-0.39, 0.29) is 63.9 Å². The highest BCUT2D eigenvalue weighted by atomic mass is 35.5. The first-order valence-corrected chi connectivity index (χ1v) is 15.4. The van der Waals surface area contributed by atoms with Gasteiger partial charge in [0, 0.05) is 24.2 Å². The van der Waals surface area contributed by atoms with Crippen LogP contribution in [0.5, 0.6) is 0 Å². The number of halogens is 5. The number of nitrogens with two attached hydrogens (primary N) is 1. The molecule has 228 valence electrons. The number of carbonyl (C=O) groups excluding carboxylic acids is 1. The second-order valence-corrected chi connectivity index (χ2v) is 13.0. The number of likely N-dealkylation sites (tertiary alicyclic amines) is 1. The van der Waals surface area contributed by atoms with Crippen LogP contribution < -0.4 is 22.3 Å². The van der Waals surface area contributed by atoms with Crippen LogP contribution in [-0.4, -0.2) is 60.2 Å². The highest BCUT2D eigenvalue weighted by Crippen LogP contribution is 2.39. The molecule has 1 aromatic heterocycles. The Bertz CT molecular complexity index is 1760. The number of sulfone groups is 1. The molecule has 4 rings (SSSR count). The standard InChI is InChI=1S/C26H28Cl2F3N5O5S/c1-2-42(40,41)20-6-5-15(27)8-14(20)11-36-24(38)17-9-19(26(29,30)31)18(22(28)23(17)34-25(36)39)13-35-7-3-4-16(12-35)33-21(37)10-32/h5-6,8-9,16H,2-4,7,10-13,32H2,1H3,(H,33,37)(H,34,39). The lowest BCUT2D eigenvalue weighted by atomic mass is 10.0. The van der Waals surface area contributed by atoms with Gasteiger partial charge in [0.1, 0.15) is 0 Å². The van der Waals surface area contributed by atoms with Crippen molar-refractivity contribution in [1.82, 2.24) is 19.8 Å². The smallest absolute Gasteiger partial charge is 0.351 e. The fraction of sp³-hybridized carbons (Fsp3) is 0.423. The minimum atomic E-state index is -4.90. The number of fused-ring (bicyclic) bond motifs is 1. The summed E-state index contributed by atoms with van der Waals surface area (Å²) in [4.78, 5) is 42.2. The van der Waals surface area contributed by atoms with Crippen LogP contribution in [0.15, 0.2) is 38.8 Å². The molecule has 1 amide bonds.